The van der Waals surface area contributed by atoms with Crippen molar-refractivity contribution in [3.05, 3.63) is 62.9 Å². The van der Waals surface area contributed by atoms with E-state index in [1.165, 1.54) is 23.9 Å². The van der Waals surface area contributed by atoms with Crippen molar-refractivity contribution < 1.29 is 9.53 Å². The van der Waals surface area contributed by atoms with E-state index in [9.17, 15) is 14.4 Å². The van der Waals surface area contributed by atoms with Gasteiger partial charge in [0.05, 0.1) is 6.54 Å². The normalized spacial score (nSPS) is 15.8. The maximum absolute atomic E-state index is 12.0. The molecule has 23 heavy (non-hydrogen) atoms. The molecule has 1 N–H and O–H groups in total. The number of fused-ring (bicyclic) bond motifs is 1. The van der Waals surface area contributed by atoms with Crippen LogP contribution in [0.25, 0.3) is 0 Å². The molecule has 120 valence electrons. The van der Waals surface area contributed by atoms with Gasteiger partial charge in [-0.25, -0.2) is 4.79 Å². The molecule has 0 radical (unpaired) electrons. The molecule has 1 aliphatic rings. The molecule has 1 aromatic carbocycles. The van der Waals surface area contributed by atoms with E-state index in [-0.39, 0.29) is 18.6 Å². The number of para-hydroxylation sites is 1. The van der Waals surface area contributed by atoms with Gasteiger partial charge in [-0.15, -0.1) is 0 Å². The van der Waals surface area contributed by atoms with Crippen LogP contribution in [0.5, 0.6) is 5.75 Å². The smallest absolute Gasteiger partial charge is 0.331 e. The topological polar surface area (TPSA) is 82.3 Å². The molecule has 1 atom stereocenters. The standard InChI is InChI=1S/C16H17N3O4/c1-18-15(21)6-7-19(16(18)22)10-14(20)17-9-12-8-11-4-2-3-5-13(11)23-12/h2-7,12H,8-10H2,1H3,(H,17,20)/t12-/m1/s1. The van der Waals surface area contributed by atoms with Gasteiger partial charge in [-0.3, -0.25) is 18.7 Å². The van der Waals surface area contributed by atoms with Crippen LogP contribution in [0.2, 0.25) is 0 Å². The maximum Gasteiger partial charge on any atom is 0.331 e. The maximum atomic E-state index is 12.0. The Kier molecular flexibility index (Phi) is 4.01. The summed E-state index contributed by atoms with van der Waals surface area (Å²) < 4.78 is 7.90. The van der Waals surface area contributed by atoms with Gasteiger partial charge >= 0.3 is 5.69 Å². The minimum absolute atomic E-state index is 0.104. The van der Waals surface area contributed by atoms with E-state index in [1.54, 1.807) is 0 Å². The number of rotatable bonds is 4. The zero-order chi connectivity index (χ0) is 16.4. The quantitative estimate of drug-likeness (QED) is 0.837. The average Bonchev–Trinajstić information content (AvgIpc) is 2.96. The van der Waals surface area contributed by atoms with Crippen molar-refractivity contribution in [2.24, 2.45) is 7.05 Å². The van der Waals surface area contributed by atoms with Crippen molar-refractivity contribution in [2.75, 3.05) is 6.54 Å². The number of benzene rings is 1. The van der Waals surface area contributed by atoms with Gasteiger partial charge in [-0.1, -0.05) is 18.2 Å². The molecular weight excluding hydrogens is 298 g/mol. The Morgan fingerprint density at radius 2 is 2.09 bits per heavy atom. The van der Waals surface area contributed by atoms with Crippen LogP contribution in [-0.2, 0) is 24.8 Å². The molecule has 1 aliphatic heterocycles. The summed E-state index contributed by atoms with van der Waals surface area (Å²) in [6.07, 6.45) is 1.97. The highest BCUT2D eigenvalue weighted by Gasteiger charge is 2.22. The lowest BCUT2D eigenvalue weighted by atomic mass is 10.1. The summed E-state index contributed by atoms with van der Waals surface area (Å²) in [5.74, 6) is 0.548. The fraction of sp³-hybridized carbons (Fsp3) is 0.312. The first-order chi connectivity index (χ1) is 11.0. The van der Waals surface area contributed by atoms with Crippen LogP contribution >= 0.6 is 0 Å². The number of amides is 1. The van der Waals surface area contributed by atoms with Gasteiger partial charge in [-0.2, -0.15) is 0 Å². The lowest BCUT2D eigenvalue weighted by Crippen LogP contribution is -2.42. The van der Waals surface area contributed by atoms with E-state index in [1.807, 2.05) is 24.3 Å². The summed E-state index contributed by atoms with van der Waals surface area (Å²) in [4.78, 5) is 35.2. The molecule has 0 saturated carbocycles. The van der Waals surface area contributed by atoms with Crippen LogP contribution in [-0.4, -0.2) is 27.7 Å². The SMILES string of the molecule is Cn1c(=O)ccn(CC(=O)NC[C@H]2Cc3ccccc3O2)c1=O. The predicted molar refractivity (Wildman–Crippen MR) is 83.5 cm³/mol. The zero-order valence-electron chi connectivity index (χ0n) is 12.7. The summed E-state index contributed by atoms with van der Waals surface area (Å²) in [7, 11) is 1.38. The molecule has 0 bridgehead atoms. The summed E-state index contributed by atoms with van der Waals surface area (Å²) in [6, 6.07) is 9.02. The first-order valence-electron chi connectivity index (χ1n) is 7.32. The molecule has 3 rings (SSSR count). The van der Waals surface area contributed by atoms with Crippen LogP contribution < -0.4 is 21.3 Å². The highest BCUT2D eigenvalue weighted by atomic mass is 16.5. The second-order valence-corrected chi connectivity index (χ2v) is 5.48. The number of hydrogen-bond donors (Lipinski definition) is 1. The largest absolute Gasteiger partial charge is 0.488 e. The van der Waals surface area contributed by atoms with Gasteiger partial charge in [0.2, 0.25) is 5.91 Å². The second kappa shape index (κ2) is 6.12. The van der Waals surface area contributed by atoms with Gasteiger partial charge in [-0.05, 0) is 11.6 Å². The number of aromatic nitrogens is 2. The second-order valence-electron chi connectivity index (χ2n) is 5.48. The molecule has 1 aromatic heterocycles. The van der Waals surface area contributed by atoms with E-state index in [4.69, 9.17) is 4.74 Å². The van der Waals surface area contributed by atoms with E-state index >= 15 is 0 Å². The Labute approximate surface area is 132 Å². The molecule has 7 nitrogen and oxygen atoms in total. The highest BCUT2D eigenvalue weighted by molar-refractivity contribution is 5.75. The zero-order valence-corrected chi connectivity index (χ0v) is 12.7. The van der Waals surface area contributed by atoms with E-state index in [0.717, 1.165) is 22.3 Å². The third kappa shape index (κ3) is 3.18. The first kappa shape index (κ1) is 15.1. The number of carbonyl (C=O) groups is 1. The summed E-state index contributed by atoms with van der Waals surface area (Å²) in [5.41, 5.74) is 0.210. The highest BCUT2D eigenvalue weighted by Crippen LogP contribution is 2.27. The lowest BCUT2D eigenvalue weighted by Gasteiger charge is -2.12. The Morgan fingerprint density at radius 3 is 2.87 bits per heavy atom. The molecule has 0 spiro atoms. The van der Waals surface area contributed by atoms with Crippen molar-refractivity contribution in [2.45, 2.75) is 19.1 Å². The molecule has 0 saturated heterocycles. The monoisotopic (exact) mass is 315 g/mol. The number of ether oxygens (including phenoxy) is 1. The Bertz CT molecular complexity index is 828. The van der Waals surface area contributed by atoms with Crippen molar-refractivity contribution >= 4 is 5.91 Å². The molecule has 7 heteroatoms. The summed E-state index contributed by atoms with van der Waals surface area (Å²) in [6.45, 7) is 0.237. The molecule has 0 fully saturated rings. The van der Waals surface area contributed by atoms with Crippen LogP contribution in [0.4, 0.5) is 0 Å². The van der Waals surface area contributed by atoms with E-state index < -0.39 is 11.2 Å². The lowest BCUT2D eigenvalue weighted by molar-refractivity contribution is -0.122. The molecular formula is C16H17N3O4. The third-order valence-electron chi connectivity index (χ3n) is 3.81. The van der Waals surface area contributed by atoms with Crippen LogP contribution in [0.15, 0.2) is 46.1 Å². The van der Waals surface area contributed by atoms with Gasteiger partial charge in [0.25, 0.3) is 5.56 Å². The fourth-order valence-corrected chi connectivity index (χ4v) is 2.54. The van der Waals surface area contributed by atoms with Crippen LogP contribution in [0.1, 0.15) is 5.56 Å². The molecule has 0 unspecified atom stereocenters. The van der Waals surface area contributed by atoms with Gasteiger partial charge in [0.1, 0.15) is 18.4 Å². The Hall–Kier alpha value is -2.83. The number of nitrogens with zero attached hydrogens (tertiary/aromatic N) is 2. The van der Waals surface area contributed by atoms with Crippen molar-refractivity contribution in [3.63, 3.8) is 0 Å². The minimum Gasteiger partial charge on any atom is -0.488 e. The Morgan fingerprint density at radius 1 is 1.30 bits per heavy atom. The number of carbonyl (C=O) groups excluding carboxylic acids is 1. The minimum atomic E-state index is -0.517. The van der Waals surface area contributed by atoms with Crippen molar-refractivity contribution in [1.82, 2.24) is 14.5 Å². The summed E-state index contributed by atoms with van der Waals surface area (Å²) >= 11 is 0. The van der Waals surface area contributed by atoms with E-state index in [2.05, 4.69) is 5.32 Å². The average molecular weight is 315 g/mol. The molecule has 2 aromatic rings. The summed E-state index contributed by atoms with van der Waals surface area (Å²) in [5, 5.41) is 2.76. The molecule has 0 aliphatic carbocycles. The predicted octanol–water partition coefficient (Wildman–Crippen LogP) is -0.333. The third-order valence-corrected chi connectivity index (χ3v) is 3.81. The fourth-order valence-electron chi connectivity index (χ4n) is 2.54. The van der Waals surface area contributed by atoms with Crippen molar-refractivity contribution in [3.8, 4) is 5.75 Å². The van der Waals surface area contributed by atoms with E-state index in [0.29, 0.717) is 6.54 Å². The molecule has 1 amide bonds. The van der Waals surface area contributed by atoms with Gasteiger partial charge in [0, 0.05) is 25.7 Å². The van der Waals surface area contributed by atoms with Gasteiger partial charge < -0.3 is 10.1 Å². The number of nitrogens with one attached hydrogen (secondary N) is 1. The Balaban J connectivity index is 1.56. The van der Waals surface area contributed by atoms with Gasteiger partial charge in [0.15, 0.2) is 0 Å². The van der Waals surface area contributed by atoms with Crippen LogP contribution in [0, 0.1) is 0 Å². The van der Waals surface area contributed by atoms with Crippen molar-refractivity contribution in [1.29, 1.82) is 0 Å². The molecule has 2 heterocycles. The van der Waals surface area contributed by atoms with Crippen LogP contribution in [0.3, 0.4) is 0 Å². The first-order valence-corrected chi connectivity index (χ1v) is 7.32. The number of hydrogen-bond acceptors (Lipinski definition) is 4.